The highest BCUT2D eigenvalue weighted by Gasteiger charge is 2.49. The van der Waals surface area contributed by atoms with Crippen molar-refractivity contribution in [1.82, 2.24) is 0 Å². The highest BCUT2D eigenvalue weighted by Crippen LogP contribution is 2.27. The first-order valence-corrected chi connectivity index (χ1v) is 12.4. The molecule has 0 aliphatic rings. The summed E-state index contributed by atoms with van der Waals surface area (Å²) >= 11 is 1.63. The summed E-state index contributed by atoms with van der Waals surface area (Å²) in [6.07, 6.45) is 2.25. The lowest BCUT2D eigenvalue weighted by Gasteiger charge is -2.33. The topological polar surface area (TPSA) is 51.2 Å². The van der Waals surface area contributed by atoms with Crippen LogP contribution < -0.4 is 0 Å². The van der Waals surface area contributed by atoms with E-state index in [1.165, 1.54) is 7.05 Å². The summed E-state index contributed by atoms with van der Waals surface area (Å²) in [4.78, 5) is 40.2. The SMILES string of the molecule is Cc1cc(C)cc(C(=O)[N+](C)(C(=O)c2ccccc2)[C@H]([C]=O)Cc2ccc(-c3ccsc3)cc2)c1. The molecule has 0 fully saturated rings. The van der Waals surface area contributed by atoms with Gasteiger partial charge in [0.25, 0.3) is 6.29 Å². The van der Waals surface area contributed by atoms with E-state index in [2.05, 4.69) is 11.4 Å². The monoisotopic (exact) mass is 481 g/mol. The summed E-state index contributed by atoms with van der Waals surface area (Å²) in [7, 11) is 1.53. The number of thiophene rings is 1. The number of amides is 2. The van der Waals surface area contributed by atoms with Crippen LogP contribution >= 0.6 is 11.3 Å². The number of likely N-dealkylation sites (N-methyl/N-ethyl adjacent to an activating group) is 1. The molecule has 0 N–H and O–H groups in total. The number of carbonyl (C=O) groups excluding carboxylic acids is 3. The van der Waals surface area contributed by atoms with Gasteiger partial charge in [-0.2, -0.15) is 15.8 Å². The Kier molecular flexibility index (Phi) is 7.20. The third-order valence-corrected chi connectivity index (χ3v) is 7.01. The molecule has 4 rings (SSSR count). The van der Waals surface area contributed by atoms with Gasteiger partial charge in [0.2, 0.25) is 0 Å². The Morgan fingerprint density at radius 1 is 0.829 bits per heavy atom. The summed E-state index contributed by atoms with van der Waals surface area (Å²) in [5.41, 5.74) is 5.68. The molecule has 2 amide bonds. The molecule has 2 atom stereocenters. The van der Waals surface area contributed by atoms with Gasteiger partial charge in [0.05, 0.1) is 18.2 Å². The number of nitrogens with zero attached hydrogens (tertiary/aromatic N) is 1. The number of carbonyl (C=O) groups is 2. The molecule has 0 saturated carbocycles. The number of rotatable bonds is 7. The molecule has 1 unspecified atom stereocenters. The Balaban J connectivity index is 1.74. The molecule has 0 bridgehead atoms. The average Bonchev–Trinajstić information content (AvgIpc) is 3.41. The molecule has 0 saturated heterocycles. The Morgan fingerprint density at radius 3 is 2.03 bits per heavy atom. The molecule has 0 aliphatic carbocycles. The summed E-state index contributed by atoms with van der Waals surface area (Å²) in [6, 6.07) is 23.1. The third kappa shape index (κ3) is 5.06. The van der Waals surface area contributed by atoms with Gasteiger partial charge in [0.1, 0.15) is 0 Å². The van der Waals surface area contributed by atoms with Crippen molar-refractivity contribution in [2.24, 2.45) is 0 Å². The maximum absolute atomic E-state index is 14.0. The third-order valence-electron chi connectivity index (χ3n) is 6.33. The van der Waals surface area contributed by atoms with Gasteiger partial charge in [-0.3, -0.25) is 4.79 Å². The first-order chi connectivity index (χ1) is 16.8. The number of hydrogen-bond donors (Lipinski definition) is 0. The molecule has 4 aromatic rings. The molecule has 175 valence electrons. The normalized spacial score (nSPS) is 13.6. The van der Waals surface area contributed by atoms with Gasteiger partial charge >= 0.3 is 11.8 Å². The van der Waals surface area contributed by atoms with Crippen molar-refractivity contribution >= 4 is 29.4 Å². The van der Waals surface area contributed by atoms with Gasteiger partial charge < -0.3 is 0 Å². The second kappa shape index (κ2) is 10.3. The molecule has 4 nitrogen and oxygen atoms in total. The van der Waals surface area contributed by atoms with Gasteiger partial charge in [-0.1, -0.05) is 48.5 Å². The van der Waals surface area contributed by atoms with Crippen molar-refractivity contribution in [2.75, 3.05) is 7.05 Å². The fraction of sp³-hybridized carbons (Fsp3) is 0.167. The van der Waals surface area contributed by atoms with Crippen molar-refractivity contribution in [3.8, 4) is 11.1 Å². The van der Waals surface area contributed by atoms with Crippen LogP contribution in [0.3, 0.4) is 0 Å². The smallest absolute Gasteiger partial charge is 0.284 e. The van der Waals surface area contributed by atoms with Crippen LogP contribution in [0.1, 0.15) is 37.4 Å². The molecular weight excluding hydrogens is 454 g/mol. The van der Waals surface area contributed by atoms with Gasteiger partial charge in [0, 0.05) is 6.42 Å². The highest BCUT2D eigenvalue weighted by molar-refractivity contribution is 7.08. The van der Waals surface area contributed by atoms with Crippen LogP contribution in [0, 0.1) is 13.8 Å². The zero-order valence-electron chi connectivity index (χ0n) is 20.0. The van der Waals surface area contributed by atoms with Crippen molar-refractivity contribution < 1.29 is 18.9 Å². The van der Waals surface area contributed by atoms with E-state index in [9.17, 15) is 14.4 Å². The maximum atomic E-state index is 14.0. The van der Waals surface area contributed by atoms with Crippen molar-refractivity contribution in [2.45, 2.75) is 26.3 Å². The van der Waals surface area contributed by atoms with E-state index in [-0.39, 0.29) is 6.42 Å². The van der Waals surface area contributed by atoms with Crippen LogP contribution in [0.5, 0.6) is 0 Å². The lowest BCUT2D eigenvalue weighted by molar-refractivity contribution is -0.759. The molecule has 1 radical (unpaired) electrons. The van der Waals surface area contributed by atoms with E-state index in [1.807, 2.05) is 61.9 Å². The van der Waals surface area contributed by atoms with E-state index < -0.39 is 22.3 Å². The van der Waals surface area contributed by atoms with Crippen LogP contribution in [-0.2, 0) is 11.2 Å². The highest BCUT2D eigenvalue weighted by atomic mass is 32.1. The van der Waals surface area contributed by atoms with Crippen molar-refractivity contribution in [3.63, 3.8) is 0 Å². The van der Waals surface area contributed by atoms with E-state index in [1.54, 1.807) is 47.7 Å². The molecule has 3 aromatic carbocycles. The minimum atomic E-state index is -1.01. The zero-order valence-corrected chi connectivity index (χ0v) is 20.8. The van der Waals surface area contributed by atoms with Crippen molar-refractivity contribution in [1.29, 1.82) is 0 Å². The fourth-order valence-electron chi connectivity index (χ4n) is 4.41. The average molecular weight is 482 g/mol. The quantitative estimate of drug-likeness (QED) is 0.234. The van der Waals surface area contributed by atoms with E-state index in [0.29, 0.717) is 11.1 Å². The lowest BCUT2D eigenvalue weighted by atomic mass is 9.97. The largest absolute Gasteiger partial charge is 0.353 e. The molecule has 1 aromatic heterocycles. The standard InChI is InChI=1S/C30H27NO3S/c1-21-15-22(2)17-27(16-21)30(34)31(3,29(33)25-7-5-4-6-8-25)28(19-32)18-23-9-11-24(12-10-23)26-13-14-35-20-26/h4-17,20,28H,18H2,1-3H3/q+1/t28-,31?/m0/s1. The van der Waals surface area contributed by atoms with Crippen LogP contribution in [0.2, 0.25) is 0 Å². The number of benzene rings is 3. The zero-order chi connectivity index (χ0) is 25.0. The summed E-state index contributed by atoms with van der Waals surface area (Å²) < 4.78 is -0.720. The molecule has 1 heterocycles. The fourth-order valence-corrected chi connectivity index (χ4v) is 5.07. The number of hydrogen-bond acceptors (Lipinski definition) is 4. The van der Waals surface area contributed by atoms with Crippen molar-refractivity contribution in [3.05, 3.63) is 117 Å². The molecular formula is C30H27NO3S+. The number of aryl methyl sites for hydroxylation is 2. The van der Waals surface area contributed by atoms with E-state index in [0.717, 1.165) is 27.8 Å². The Morgan fingerprint density at radius 2 is 1.46 bits per heavy atom. The predicted octanol–water partition coefficient (Wildman–Crippen LogP) is 6.18. The number of quaternary nitrogens is 1. The van der Waals surface area contributed by atoms with Crippen LogP contribution in [-0.4, -0.2) is 35.7 Å². The summed E-state index contributed by atoms with van der Waals surface area (Å²) in [5.74, 6) is -0.855. The lowest BCUT2D eigenvalue weighted by Crippen LogP contribution is -2.61. The summed E-state index contributed by atoms with van der Waals surface area (Å²) in [5, 5.41) is 4.10. The second-order valence-corrected chi connectivity index (χ2v) is 9.75. The van der Waals surface area contributed by atoms with Gasteiger partial charge in [0.15, 0.2) is 6.04 Å². The second-order valence-electron chi connectivity index (χ2n) is 8.97. The minimum Gasteiger partial charge on any atom is -0.284 e. The predicted molar refractivity (Wildman–Crippen MR) is 140 cm³/mol. The number of imide groups is 1. The first kappa shape index (κ1) is 24.5. The molecule has 0 spiro atoms. The minimum absolute atomic E-state index is 0.207. The molecule has 5 heteroatoms. The Labute approximate surface area is 210 Å². The van der Waals surface area contributed by atoms with Crippen LogP contribution in [0.25, 0.3) is 11.1 Å². The summed E-state index contributed by atoms with van der Waals surface area (Å²) in [6.45, 7) is 3.82. The first-order valence-electron chi connectivity index (χ1n) is 11.4. The van der Waals surface area contributed by atoms with E-state index in [4.69, 9.17) is 0 Å². The molecule has 35 heavy (non-hydrogen) atoms. The van der Waals surface area contributed by atoms with Gasteiger partial charge in [-0.25, -0.2) is 9.59 Å². The van der Waals surface area contributed by atoms with Gasteiger partial charge in [-0.05, 0) is 82.8 Å². The maximum Gasteiger partial charge on any atom is 0.353 e. The van der Waals surface area contributed by atoms with Crippen LogP contribution in [0.15, 0.2) is 89.6 Å². The van der Waals surface area contributed by atoms with Crippen LogP contribution in [0.4, 0.5) is 0 Å². The van der Waals surface area contributed by atoms with E-state index >= 15 is 0 Å². The Bertz CT molecular complexity index is 1320. The Hall–Kier alpha value is -3.67. The van der Waals surface area contributed by atoms with Gasteiger partial charge in [-0.15, -0.1) is 0 Å². The molecule has 0 aliphatic heterocycles.